The van der Waals surface area contributed by atoms with Gasteiger partial charge in [-0.1, -0.05) is 0 Å². The molecule has 3 heterocycles. The number of carbonyl (C=O) groups excluding carboxylic acids is 1. The van der Waals surface area contributed by atoms with Gasteiger partial charge in [-0.2, -0.15) is 5.26 Å². The second-order valence-electron chi connectivity index (χ2n) is 6.53. The van der Waals surface area contributed by atoms with Gasteiger partial charge in [-0.15, -0.1) is 12.4 Å². The Labute approximate surface area is 163 Å². The van der Waals surface area contributed by atoms with Gasteiger partial charge >= 0.3 is 0 Å². The first-order valence-electron chi connectivity index (χ1n) is 8.49. The van der Waals surface area contributed by atoms with Crippen LogP contribution in [0, 0.1) is 11.3 Å². The molecule has 27 heavy (non-hydrogen) atoms. The molecule has 1 saturated heterocycles. The molecule has 1 aromatic heterocycles. The lowest BCUT2D eigenvalue weighted by Gasteiger charge is -2.42. The van der Waals surface area contributed by atoms with Crippen molar-refractivity contribution in [2.24, 2.45) is 10.7 Å². The molecule has 1 spiro atoms. The summed E-state index contributed by atoms with van der Waals surface area (Å²) in [5, 5.41) is 12.3. The van der Waals surface area contributed by atoms with Crippen molar-refractivity contribution >= 4 is 29.8 Å². The van der Waals surface area contributed by atoms with Gasteiger partial charge in [0.05, 0.1) is 17.3 Å². The van der Waals surface area contributed by atoms with E-state index in [2.05, 4.69) is 21.4 Å². The average molecular weight is 383 g/mol. The third-order valence-corrected chi connectivity index (χ3v) is 4.89. The lowest BCUT2D eigenvalue weighted by molar-refractivity contribution is 0.0685. The number of rotatable bonds is 1. The number of carbonyl (C=O) groups is 1. The predicted molar refractivity (Wildman–Crippen MR) is 105 cm³/mol. The minimum absolute atomic E-state index is 0. The molecule has 4 rings (SSSR count). The molecule has 1 fully saturated rings. The average Bonchev–Trinajstić information content (AvgIpc) is 2.68. The van der Waals surface area contributed by atoms with Crippen LogP contribution in [0.4, 0.5) is 5.69 Å². The van der Waals surface area contributed by atoms with Crippen LogP contribution in [0.15, 0.2) is 47.6 Å². The molecular formula is C19H19ClN6O. The lowest BCUT2D eigenvalue weighted by Crippen LogP contribution is -2.52. The number of hydrogen-bond donors (Lipinski definition) is 2. The number of halogens is 1. The van der Waals surface area contributed by atoms with E-state index in [4.69, 9.17) is 11.0 Å². The third-order valence-electron chi connectivity index (χ3n) is 4.89. The zero-order chi connectivity index (χ0) is 18.1. The van der Waals surface area contributed by atoms with Crippen LogP contribution in [0.2, 0.25) is 0 Å². The molecule has 2 aromatic rings. The van der Waals surface area contributed by atoms with E-state index in [0.717, 1.165) is 5.69 Å². The van der Waals surface area contributed by atoms with E-state index < -0.39 is 5.66 Å². The minimum atomic E-state index is -0.485. The van der Waals surface area contributed by atoms with Crippen LogP contribution < -0.4 is 11.1 Å². The van der Waals surface area contributed by atoms with Crippen LogP contribution in [0.3, 0.4) is 0 Å². The maximum absolute atomic E-state index is 12.7. The zero-order valence-electron chi connectivity index (χ0n) is 14.6. The highest BCUT2D eigenvalue weighted by molar-refractivity contribution is 6.02. The van der Waals surface area contributed by atoms with Gasteiger partial charge in [-0.3, -0.25) is 9.78 Å². The van der Waals surface area contributed by atoms with Crippen molar-refractivity contribution in [1.82, 2.24) is 9.88 Å². The highest BCUT2D eigenvalue weighted by Crippen LogP contribution is 2.33. The zero-order valence-corrected chi connectivity index (χ0v) is 15.4. The summed E-state index contributed by atoms with van der Waals surface area (Å²) in [4.78, 5) is 23.4. The molecule has 0 unspecified atom stereocenters. The number of nitriles is 1. The summed E-state index contributed by atoms with van der Waals surface area (Å²) in [6.07, 6.45) is 3.04. The van der Waals surface area contributed by atoms with Crippen LogP contribution in [-0.2, 0) is 0 Å². The highest BCUT2D eigenvalue weighted by Gasteiger charge is 2.39. The van der Waals surface area contributed by atoms with Crippen molar-refractivity contribution in [3.8, 4) is 6.07 Å². The van der Waals surface area contributed by atoms with Gasteiger partial charge in [0.1, 0.15) is 17.2 Å². The maximum atomic E-state index is 12.7. The predicted octanol–water partition coefficient (Wildman–Crippen LogP) is 2.14. The molecule has 2 aliphatic heterocycles. The van der Waals surface area contributed by atoms with Gasteiger partial charge in [0.2, 0.25) is 0 Å². The van der Waals surface area contributed by atoms with Gasteiger partial charge < -0.3 is 16.0 Å². The molecule has 0 bridgehead atoms. The first-order chi connectivity index (χ1) is 12.6. The van der Waals surface area contributed by atoms with Crippen molar-refractivity contribution in [1.29, 1.82) is 5.26 Å². The van der Waals surface area contributed by atoms with Crippen molar-refractivity contribution in [3.63, 3.8) is 0 Å². The minimum Gasteiger partial charge on any atom is -0.382 e. The van der Waals surface area contributed by atoms with E-state index in [-0.39, 0.29) is 18.3 Å². The summed E-state index contributed by atoms with van der Waals surface area (Å²) in [7, 11) is 0. The third kappa shape index (κ3) is 3.44. The van der Waals surface area contributed by atoms with E-state index in [9.17, 15) is 4.79 Å². The normalized spacial score (nSPS) is 17.0. The first kappa shape index (κ1) is 18.7. The molecule has 0 atom stereocenters. The van der Waals surface area contributed by atoms with Gasteiger partial charge in [-0.25, -0.2) is 4.99 Å². The molecule has 0 aliphatic carbocycles. The molecule has 3 N–H and O–H groups in total. The first-order valence-corrected chi connectivity index (χ1v) is 8.49. The van der Waals surface area contributed by atoms with Crippen molar-refractivity contribution in [3.05, 3.63) is 59.4 Å². The monoisotopic (exact) mass is 382 g/mol. The molecule has 1 aromatic carbocycles. The lowest BCUT2D eigenvalue weighted by atomic mass is 9.94. The molecule has 8 heteroatoms. The second kappa shape index (κ2) is 7.25. The molecule has 0 radical (unpaired) electrons. The fraction of sp³-hybridized carbons (Fsp3) is 0.263. The SMILES string of the molecule is Cl.N#Cc1ccc(C(=O)N2CCC3(CC2)N=C(N)c2ncccc2N3)cc1. The number of amidine groups is 1. The highest BCUT2D eigenvalue weighted by atomic mass is 35.5. The Morgan fingerprint density at radius 2 is 1.93 bits per heavy atom. The number of hydrogen-bond acceptors (Lipinski definition) is 6. The van der Waals surface area contributed by atoms with E-state index in [0.29, 0.717) is 48.6 Å². The molecular weight excluding hydrogens is 364 g/mol. The summed E-state index contributed by atoms with van der Waals surface area (Å²) in [6, 6.07) is 12.6. The Morgan fingerprint density at radius 1 is 1.22 bits per heavy atom. The number of nitrogens with one attached hydrogen (secondary N) is 1. The van der Waals surface area contributed by atoms with Gasteiger partial charge in [-0.05, 0) is 36.4 Å². The van der Waals surface area contributed by atoms with E-state index >= 15 is 0 Å². The van der Waals surface area contributed by atoms with Gasteiger partial charge in [0.25, 0.3) is 5.91 Å². The molecule has 0 saturated carbocycles. The molecule has 2 aliphatic rings. The summed E-state index contributed by atoms with van der Waals surface area (Å²) >= 11 is 0. The van der Waals surface area contributed by atoms with Crippen LogP contribution in [-0.4, -0.2) is 40.4 Å². The number of fused-ring (bicyclic) bond motifs is 1. The van der Waals surface area contributed by atoms with E-state index in [1.807, 2.05) is 17.0 Å². The van der Waals surface area contributed by atoms with Crippen molar-refractivity contribution < 1.29 is 4.79 Å². The van der Waals surface area contributed by atoms with Crippen LogP contribution in [0.25, 0.3) is 0 Å². The van der Waals surface area contributed by atoms with E-state index in [1.54, 1.807) is 30.5 Å². The smallest absolute Gasteiger partial charge is 0.253 e. The van der Waals surface area contributed by atoms with Crippen molar-refractivity contribution in [2.75, 3.05) is 18.4 Å². The Balaban J connectivity index is 0.00000210. The number of anilines is 1. The number of pyridine rings is 1. The number of aromatic nitrogens is 1. The Kier molecular flexibility index (Phi) is 5.02. The maximum Gasteiger partial charge on any atom is 0.253 e. The fourth-order valence-corrected chi connectivity index (χ4v) is 3.46. The number of amides is 1. The molecule has 7 nitrogen and oxygen atoms in total. The van der Waals surface area contributed by atoms with Crippen LogP contribution >= 0.6 is 12.4 Å². The number of aliphatic imine (C=N–C) groups is 1. The molecule has 138 valence electrons. The van der Waals surface area contributed by atoms with Crippen molar-refractivity contribution in [2.45, 2.75) is 18.5 Å². The second-order valence-corrected chi connectivity index (χ2v) is 6.53. The van der Waals surface area contributed by atoms with E-state index in [1.165, 1.54) is 0 Å². The summed E-state index contributed by atoms with van der Waals surface area (Å²) in [5.41, 5.74) is 8.31. The Hall–Kier alpha value is -3.11. The van der Waals surface area contributed by atoms with Crippen LogP contribution in [0.1, 0.15) is 34.5 Å². The number of likely N-dealkylation sites (tertiary alicyclic amines) is 1. The van der Waals surface area contributed by atoms with Gasteiger partial charge in [0.15, 0.2) is 0 Å². The summed E-state index contributed by atoms with van der Waals surface area (Å²) < 4.78 is 0. The summed E-state index contributed by atoms with van der Waals surface area (Å²) in [6.45, 7) is 1.16. The number of piperidine rings is 1. The Morgan fingerprint density at radius 3 is 2.59 bits per heavy atom. The number of benzene rings is 1. The number of nitrogens with two attached hydrogens (primary N) is 1. The van der Waals surface area contributed by atoms with Crippen LogP contribution in [0.5, 0.6) is 0 Å². The van der Waals surface area contributed by atoms with Gasteiger partial charge in [0, 0.05) is 37.7 Å². The summed E-state index contributed by atoms with van der Waals surface area (Å²) in [5.74, 6) is 0.408. The largest absolute Gasteiger partial charge is 0.382 e. The molecule has 1 amide bonds. The Bertz CT molecular complexity index is 926. The quantitative estimate of drug-likeness (QED) is 0.785. The number of nitrogens with zero attached hydrogens (tertiary/aromatic N) is 4. The topological polar surface area (TPSA) is 107 Å². The fourth-order valence-electron chi connectivity index (χ4n) is 3.46. The standard InChI is InChI=1S/C19H18N6O.ClH/c20-12-13-3-5-14(6-4-13)18(26)25-10-7-19(8-11-25)23-15-2-1-9-22-16(15)17(21)24-19;/h1-6,9,23H,7-8,10-11H2,(H2,21,24);1H.